The van der Waals surface area contributed by atoms with Crippen LogP contribution in [0.15, 0.2) is 22.9 Å². The molecule has 0 aliphatic heterocycles. The fourth-order valence-electron chi connectivity index (χ4n) is 1.51. The number of methoxy groups -OCH3 is 1. The van der Waals surface area contributed by atoms with Gasteiger partial charge in [-0.1, -0.05) is 0 Å². The largest absolute Gasteiger partial charge is 0.497 e. The van der Waals surface area contributed by atoms with Crippen molar-refractivity contribution in [3.05, 3.63) is 28.6 Å². The van der Waals surface area contributed by atoms with E-state index in [0.717, 1.165) is 0 Å². The Morgan fingerprint density at radius 3 is 2.94 bits per heavy atom. The predicted molar refractivity (Wildman–Crippen MR) is 65.4 cm³/mol. The molecule has 2 rings (SSSR count). The summed E-state index contributed by atoms with van der Waals surface area (Å²) in [6.07, 6.45) is 1.48. The SMILES string of the molecule is CCOC(=O)c1cnc2cc(OC)cc(Br)n12. The van der Waals surface area contributed by atoms with E-state index in [0.29, 0.717) is 28.3 Å². The van der Waals surface area contributed by atoms with Gasteiger partial charge in [0.25, 0.3) is 0 Å². The van der Waals surface area contributed by atoms with Crippen molar-refractivity contribution in [1.29, 1.82) is 0 Å². The summed E-state index contributed by atoms with van der Waals surface area (Å²) in [7, 11) is 1.58. The first-order chi connectivity index (χ1) is 8.17. The molecule has 0 spiro atoms. The van der Waals surface area contributed by atoms with Crippen molar-refractivity contribution < 1.29 is 14.3 Å². The quantitative estimate of drug-likeness (QED) is 0.644. The van der Waals surface area contributed by atoms with Gasteiger partial charge in [-0.15, -0.1) is 0 Å². The van der Waals surface area contributed by atoms with Gasteiger partial charge in [-0.2, -0.15) is 0 Å². The van der Waals surface area contributed by atoms with Gasteiger partial charge in [-0.3, -0.25) is 4.40 Å². The predicted octanol–water partition coefficient (Wildman–Crippen LogP) is 2.28. The van der Waals surface area contributed by atoms with Crippen LogP contribution in [0.5, 0.6) is 5.75 Å². The van der Waals surface area contributed by atoms with Gasteiger partial charge in [0.1, 0.15) is 11.4 Å². The van der Waals surface area contributed by atoms with Crippen LogP contribution in [0.4, 0.5) is 0 Å². The van der Waals surface area contributed by atoms with Crippen molar-refractivity contribution in [3.8, 4) is 5.75 Å². The van der Waals surface area contributed by atoms with Crippen LogP contribution < -0.4 is 4.74 Å². The van der Waals surface area contributed by atoms with Crippen molar-refractivity contribution >= 4 is 27.5 Å². The molecule has 17 heavy (non-hydrogen) atoms. The van der Waals surface area contributed by atoms with Crippen LogP contribution in [0, 0.1) is 0 Å². The molecular weight excluding hydrogens is 288 g/mol. The minimum atomic E-state index is -0.397. The molecule has 0 aliphatic carbocycles. The first-order valence-electron chi connectivity index (χ1n) is 5.05. The Balaban J connectivity index is 2.57. The van der Waals surface area contributed by atoms with Gasteiger partial charge in [0.2, 0.25) is 0 Å². The summed E-state index contributed by atoms with van der Waals surface area (Å²) in [5.41, 5.74) is 1.01. The summed E-state index contributed by atoms with van der Waals surface area (Å²) >= 11 is 3.37. The van der Waals surface area contributed by atoms with Crippen molar-refractivity contribution in [1.82, 2.24) is 9.38 Å². The van der Waals surface area contributed by atoms with Gasteiger partial charge < -0.3 is 9.47 Å². The van der Waals surface area contributed by atoms with Gasteiger partial charge >= 0.3 is 5.97 Å². The molecule has 2 aromatic heterocycles. The average molecular weight is 299 g/mol. The van der Waals surface area contributed by atoms with Crippen LogP contribution in [-0.2, 0) is 4.74 Å². The third kappa shape index (κ3) is 2.12. The highest BCUT2D eigenvalue weighted by Crippen LogP contribution is 2.23. The fraction of sp³-hybridized carbons (Fsp3) is 0.273. The standard InChI is InChI=1S/C11H11BrN2O3/c1-3-17-11(15)8-6-13-10-5-7(16-2)4-9(12)14(8)10/h4-6H,3H2,1-2H3. The molecule has 5 nitrogen and oxygen atoms in total. The van der Waals surface area contributed by atoms with E-state index in [1.807, 2.05) is 0 Å². The topological polar surface area (TPSA) is 52.8 Å². The van der Waals surface area contributed by atoms with Crippen molar-refractivity contribution in [2.24, 2.45) is 0 Å². The number of nitrogens with zero attached hydrogens (tertiary/aromatic N) is 2. The molecule has 0 amide bonds. The van der Waals surface area contributed by atoms with Gasteiger partial charge in [-0.25, -0.2) is 9.78 Å². The van der Waals surface area contributed by atoms with E-state index >= 15 is 0 Å². The molecule has 0 saturated carbocycles. The van der Waals surface area contributed by atoms with Gasteiger partial charge in [-0.05, 0) is 22.9 Å². The van der Waals surface area contributed by atoms with Crippen LogP contribution in [0.25, 0.3) is 5.65 Å². The maximum Gasteiger partial charge on any atom is 0.357 e. The van der Waals surface area contributed by atoms with Gasteiger partial charge in [0, 0.05) is 12.1 Å². The van der Waals surface area contributed by atoms with Gasteiger partial charge in [0.15, 0.2) is 5.69 Å². The number of ether oxygens (including phenoxy) is 2. The van der Waals surface area contributed by atoms with Crippen molar-refractivity contribution in [2.75, 3.05) is 13.7 Å². The van der Waals surface area contributed by atoms with E-state index < -0.39 is 5.97 Å². The number of rotatable bonds is 3. The number of hydrogen-bond donors (Lipinski definition) is 0. The van der Waals surface area contributed by atoms with E-state index in [1.165, 1.54) is 6.20 Å². The van der Waals surface area contributed by atoms with E-state index in [1.54, 1.807) is 30.6 Å². The molecule has 0 aliphatic rings. The summed E-state index contributed by atoms with van der Waals surface area (Å²) in [6.45, 7) is 2.10. The second-order valence-corrected chi connectivity index (χ2v) is 4.09. The summed E-state index contributed by atoms with van der Waals surface area (Å²) in [6, 6.07) is 3.50. The number of aromatic nitrogens is 2. The second kappa shape index (κ2) is 4.75. The lowest BCUT2D eigenvalue weighted by Crippen LogP contribution is -2.08. The minimum Gasteiger partial charge on any atom is -0.497 e. The number of carbonyl (C=O) groups excluding carboxylic acids is 1. The summed E-state index contributed by atoms with van der Waals surface area (Å²) < 4.78 is 12.4. The molecule has 90 valence electrons. The third-order valence-electron chi connectivity index (χ3n) is 2.26. The molecule has 2 heterocycles. The second-order valence-electron chi connectivity index (χ2n) is 3.28. The number of halogens is 1. The normalized spacial score (nSPS) is 10.5. The van der Waals surface area contributed by atoms with Crippen LogP contribution in [0.1, 0.15) is 17.4 Å². The lowest BCUT2D eigenvalue weighted by molar-refractivity contribution is 0.0518. The zero-order chi connectivity index (χ0) is 12.4. The molecule has 0 fully saturated rings. The van der Waals surface area contributed by atoms with Crippen LogP contribution in [-0.4, -0.2) is 29.1 Å². The molecule has 0 N–H and O–H groups in total. The maximum absolute atomic E-state index is 11.7. The molecule has 0 bridgehead atoms. The molecule has 0 aromatic carbocycles. The van der Waals surface area contributed by atoms with E-state index in [-0.39, 0.29) is 0 Å². The van der Waals surface area contributed by atoms with Crippen LogP contribution in [0.2, 0.25) is 0 Å². The Labute approximate surface area is 106 Å². The molecule has 0 atom stereocenters. The molecule has 0 saturated heterocycles. The Morgan fingerprint density at radius 1 is 1.53 bits per heavy atom. The first-order valence-corrected chi connectivity index (χ1v) is 5.84. The minimum absolute atomic E-state index is 0.333. The highest BCUT2D eigenvalue weighted by molar-refractivity contribution is 9.10. The van der Waals surface area contributed by atoms with Crippen molar-refractivity contribution in [2.45, 2.75) is 6.92 Å². The molecule has 0 unspecified atom stereocenters. The number of hydrogen-bond acceptors (Lipinski definition) is 4. The monoisotopic (exact) mass is 298 g/mol. The lowest BCUT2D eigenvalue weighted by Gasteiger charge is -2.06. The maximum atomic E-state index is 11.7. The lowest BCUT2D eigenvalue weighted by atomic mass is 10.4. The molecule has 6 heteroatoms. The first kappa shape index (κ1) is 11.9. The summed E-state index contributed by atoms with van der Waals surface area (Å²) in [5.74, 6) is 0.274. The average Bonchev–Trinajstić information content (AvgIpc) is 2.73. The Bertz CT molecular complexity index is 565. The zero-order valence-corrected chi connectivity index (χ0v) is 11.0. The van der Waals surface area contributed by atoms with E-state index in [9.17, 15) is 4.79 Å². The number of carbonyl (C=O) groups is 1. The number of pyridine rings is 1. The molecule has 2 aromatic rings. The summed E-state index contributed by atoms with van der Waals surface area (Å²) in [5, 5.41) is 0. The summed E-state index contributed by atoms with van der Waals surface area (Å²) in [4.78, 5) is 15.8. The van der Waals surface area contributed by atoms with Crippen molar-refractivity contribution in [3.63, 3.8) is 0 Å². The Hall–Kier alpha value is -1.56. The molecule has 0 radical (unpaired) electrons. The van der Waals surface area contributed by atoms with Gasteiger partial charge in [0.05, 0.1) is 24.5 Å². The van der Waals surface area contributed by atoms with E-state index in [2.05, 4.69) is 20.9 Å². The third-order valence-corrected chi connectivity index (χ3v) is 2.84. The molecular formula is C11H11BrN2O3. The number of imidazole rings is 1. The van der Waals surface area contributed by atoms with E-state index in [4.69, 9.17) is 9.47 Å². The highest BCUT2D eigenvalue weighted by Gasteiger charge is 2.15. The zero-order valence-electron chi connectivity index (χ0n) is 9.44. The Morgan fingerprint density at radius 2 is 2.29 bits per heavy atom. The smallest absolute Gasteiger partial charge is 0.357 e. The number of esters is 1. The van der Waals surface area contributed by atoms with Crippen LogP contribution in [0.3, 0.4) is 0 Å². The Kier molecular flexibility index (Phi) is 3.33. The number of fused-ring (bicyclic) bond motifs is 1. The van der Waals surface area contributed by atoms with Crippen LogP contribution >= 0.6 is 15.9 Å². The fourth-order valence-corrected chi connectivity index (χ4v) is 2.11. The highest BCUT2D eigenvalue weighted by atomic mass is 79.9.